The van der Waals surface area contributed by atoms with Gasteiger partial charge in [0.2, 0.25) is 26.0 Å². The van der Waals surface area contributed by atoms with Crippen LogP contribution < -0.4 is 0 Å². The number of benzene rings is 2. The Kier molecular flexibility index (Phi) is 6.90. The molecule has 1 amide bonds. The molecule has 33 heavy (non-hydrogen) atoms. The molecule has 10 heteroatoms. The second-order valence-corrected chi connectivity index (χ2v) is 12.4. The fourth-order valence-electron chi connectivity index (χ4n) is 4.39. The van der Waals surface area contributed by atoms with Crippen LogP contribution in [0.25, 0.3) is 0 Å². The predicted molar refractivity (Wildman–Crippen MR) is 125 cm³/mol. The van der Waals surface area contributed by atoms with Crippen LogP contribution in [-0.4, -0.2) is 75.0 Å². The lowest BCUT2D eigenvalue weighted by Crippen LogP contribution is -2.55. The van der Waals surface area contributed by atoms with Gasteiger partial charge in [0.25, 0.3) is 0 Å². The number of carbonyl (C=O) groups is 1. The fourth-order valence-corrected chi connectivity index (χ4v) is 7.56. The molecule has 2 aliphatic heterocycles. The summed E-state index contributed by atoms with van der Waals surface area (Å²) in [4.78, 5) is 15.0. The smallest absolute Gasteiger partial charge is 0.243 e. The van der Waals surface area contributed by atoms with Crippen molar-refractivity contribution in [3.05, 3.63) is 65.7 Å². The molecule has 0 unspecified atom stereocenters. The molecule has 0 radical (unpaired) electrons. The van der Waals surface area contributed by atoms with Gasteiger partial charge in [0.15, 0.2) is 0 Å². The van der Waals surface area contributed by atoms with Crippen LogP contribution in [0, 0.1) is 6.92 Å². The molecular formula is C23H29N3O5S2. The number of nitrogens with zero attached hydrogens (tertiary/aromatic N) is 3. The third-order valence-corrected chi connectivity index (χ3v) is 10.0. The Labute approximate surface area is 195 Å². The molecule has 0 bridgehead atoms. The Hall–Kier alpha value is -2.27. The Morgan fingerprint density at radius 1 is 0.879 bits per heavy atom. The van der Waals surface area contributed by atoms with Crippen LogP contribution in [0.3, 0.4) is 0 Å². The first-order valence-corrected chi connectivity index (χ1v) is 14.1. The number of amides is 1. The van der Waals surface area contributed by atoms with Gasteiger partial charge in [-0.2, -0.15) is 8.61 Å². The second-order valence-electron chi connectivity index (χ2n) is 8.55. The summed E-state index contributed by atoms with van der Waals surface area (Å²) in [5, 5.41) is 0. The molecule has 2 heterocycles. The van der Waals surface area contributed by atoms with Gasteiger partial charge >= 0.3 is 0 Å². The summed E-state index contributed by atoms with van der Waals surface area (Å²) in [6, 6.07) is 14.9. The van der Waals surface area contributed by atoms with E-state index in [1.807, 2.05) is 13.0 Å². The monoisotopic (exact) mass is 491 g/mol. The molecule has 2 aromatic rings. The maximum Gasteiger partial charge on any atom is 0.243 e. The number of carbonyl (C=O) groups excluding carboxylic acids is 1. The van der Waals surface area contributed by atoms with Crippen LogP contribution in [0.2, 0.25) is 0 Å². The number of rotatable bonds is 6. The lowest BCUT2D eigenvalue weighted by atomic mass is 10.2. The molecule has 2 saturated heterocycles. The van der Waals surface area contributed by atoms with Crippen molar-refractivity contribution in [1.82, 2.24) is 13.5 Å². The Balaban J connectivity index is 1.41. The van der Waals surface area contributed by atoms with Crippen molar-refractivity contribution in [2.24, 2.45) is 0 Å². The van der Waals surface area contributed by atoms with E-state index in [0.29, 0.717) is 19.4 Å². The molecule has 1 atom stereocenters. The highest BCUT2D eigenvalue weighted by molar-refractivity contribution is 7.89. The largest absolute Gasteiger partial charge is 0.339 e. The summed E-state index contributed by atoms with van der Waals surface area (Å²) in [5.74, 6) is -0.323. The summed E-state index contributed by atoms with van der Waals surface area (Å²) >= 11 is 0. The van der Waals surface area contributed by atoms with E-state index >= 15 is 0 Å². The van der Waals surface area contributed by atoms with E-state index in [-0.39, 0.29) is 42.7 Å². The van der Waals surface area contributed by atoms with Crippen molar-refractivity contribution < 1.29 is 21.6 Å². The van der Waals surface area contributed by atoms with Crippen molar-refractivity contribution in [3.63, 3.8) is 0 Å². The van der Waals surface area contributed by atoms with Gasteiger partial charge in [-0.3, -0.25) is 4.79 Å². The number of aryl methyl sites for hydroxylation is 1. The molecule has 0 spiro atoms. The minimum Gasteiger partial charge on any atom is -0.339 e. The number of hydrogen-bond donors (Lipinski definition) is 0. The third-order valence-electron chi connectivity index (χ3n) is 6.25. The van der Waals surface area contributed by atoms with Crippen LogP contribution in [0.5, 0.6) is 0 Å². The first kappa shape index (κ1) is 23.9. The van der Waals surface area contributed by atoms with Crippen LogP contribution in [0.4, 0.5) is 0 Å². The van der Waals surface area contributed by atoms with Gasteiger partial charge in [-0.15, -0.1) is 0 Å². The summed E-state index contributed by atoms with van der Waals surface area (Å²) in [5.41, 5.74) is 1.68. The molecule has 2 fully saturated rings. The average molecular weight is 492 g/mol. The van der Waals surface area contributed by atoms with E-state index in [1.54, 1.807) is 53.4 Å². The summed E-state index contributed by atoms with van der Waals surface area (Å²) in [7, 11) is -7.27. The van der Waals surface area contributed by atoms with Gasteiger partial charge in [0, 0.05) is 32.7 Å². The van der Waals surface area contributed by atoms with E-state index in [4.69, 9.17) is 0 Å². The molecule has 0 aromatic heterocycles. The summed E-state index contributed by atoms with van der Waals surface area (Å²) in [6.07, 6.45) is 1.09. The molecule has 2 aromatic carbocycles. The van der Waals surface area contributed by atoms with Crippen LogP contribution in [0.1, 0.15) is 24.0 Å². The van der Waals surface area contributed by atoms with Crippen molar-refractivity contribution >= 4 is 26.0 Å². The Morgan fingerprint density at radius 2 is 1.52 bits per heavy atom. The van der Waals surface area contributed by atoms with Gasteiger partial charge in [0.1, 0.15) is 6.04 Å². The quantitative estimate of drug-likeness (QED) is 0.614. The van der Waals surface area contributed by atoms with Crippen LogP contribution in [0.15, 0.2) is 59.5 Å². The standard InChI is InChI=1S/C23H29N3O5S2/c1-19-9-11-21(12-10-19)33(30,31)26-13-5-8-22(26)23(27)24-14-16-25(17-15-24)32(28,29)18-20-6-3-2-4-7-20/h2-4,6-7,9-12,22H,5,8,13-18H2,1H3/t22-/m0/s1. The highest BCUT2D eigenvalue weighted by atomic mass is 32.2. The molecule has 0 saturated carbocycles. The number of piperazine rings is 1. The first-order chi connectivity index (χ1) is 15.7. The van der Waals surface area contributed by atoms with Gasteiger partial charge in [-0.25, -0.2) is 16.8 Å². The predicted octanol–water partition coefficient (Wildman–Crippen LogP) is 1.82. The van der Waals surface area contributed by atoms with Crippen LogP contribution in [-0.2, 0) is 30.6 Å². The van der Waals surface area contributed by atoms with Crippen molar-refractivity contribution in [2.75, 3.05) is 32.7 Å². The first-order valence-electron chi connectivity index (χ1n) is 11.1. The lowest BCUT2D eigenvalue weighted by molar-refractivity contribution is -0.135. The second kappa shape index (κ2) is 9.54. The Bertz CT molecular complexity index is 1190. The maximum absolute atomic E-state index is 13.2. The van der Waals surface area contributed by atoms with Gasteiger partial charge in [-0.05, 0) is 37.5 Å². The third kappa shape index (κ3) is 5.13. The number of hydrogen-bond acceptors (Lipinski definition) is 5. The summed E-state index contributed by atoms with van der Waals surface area (Å²) in [6.45, 7) is 3.11. The average Bonchev–Trinajstić information content (AvgIpc) is 3.30. The van der Waals surface area contributed by atoms with Crippen molar-refractivity contribution in [2.45, 2.75) is 36.5 Å². The minimum atomic E-state index is -3.78. The molecule has 0 N–H and O–H groups in total. The van der Waals surface area contributed by atoms with Gasteiger partial charge < -0.3 is 4.90 Å². The molecule has 178 valence electrons. The lowest BCUT2D eigenvalue weighted by Gasteiger charge is -2.36. The highest BCUT2D eigenvalue weighted by Crippen LogP contribution is 2.28. The summed E-state index contributed by atoms with van der Waals surface area (Å²) < 4.78 is 54.6. The molecule has 2 aliphatic rings. The molecular weight excluding hydrogens is 462 g/mol. The zero-order valence-electron chi connectivity index (χ0n) is 18.6. The van der Waals surface area contributed by atoms with Gasteiger partial charge in [0.05, 0.1) is 10.6 Å². The van der Waals surface area contributed by atoms with E-state index < -0.39 is 26.1 Å². The maximum atomic E-state index is 13.2. The zero-order chi connectivity index (χ0) is 23.6. The minimum absolute atomic E-state index is 0.0764. The SMILES string of the molecule is Cc1ccc(S(=O)(=O)N2CCC[C@H]2C(=O)N2CCN(S(=O)(=O)Cc3ccccc3)CC2)cc1. The van der Waals surface area contributed by atoms with Crippen LogP contribution >= 0.6 is 0 Å². The molecule has 4 rings (SSSR count). The van der Waals surface area contributed by atoms with E-state index in [9.17, 15) is 21.6 Å². The fraction of sp³-hybridized carbons (Fsp3) is 0.435. The van der Waals surface area contributed by atoms with E-state index in [2.05, 4.69) is 0 Å². The molecule has 8 nitrogen and oxygen atoms in total. The van der Waals surface area contributed by atoms with E-state index in [1.165, 1.54) is 8.61 Å². The highest BCUT2D eigenvalue weighted by Gasteiger charge is 2.42. The van der Waals surface area contributed by atoms with E-state index in [0.717, 1.165) is 11.1 Å². The molecule has 0 aliphatic carbocycles. The number of sulfonamides is 2. The van der Waals surface area contributed by atoms with Crippen molar-refractivity contribution in [1.29, 1.82) is 0 Å². The van der Waals surface area contributed by atoms with Crippen molar-refractivity contribution in [3.8, 4) is 0 Å². The zero-order valence-corrected chi connectivity index (χ0v) is 20.3. The normalized spacial score (nSPS) is 20.8. The Morgan fingerprint density at radius 3 is 2.15 bits per heavy atom. The van der Waals surface area contributed by atoms with Gasteiger partial charge in [-0.1, -0.05) is 48.0 Å². The topological polar surface area (TPSA) is 95.1 Å².